The summed E-state index contributed by atoms with van der Waals surface area (Å²) in [4.78, 5) is 1.26. The van der Waals surface area contributed by atoms with Crippen molar-refractivity contribution in [2.45, 2.75) is 0 Å². The highest BCUT2D eigenvalue weighted by atomic mass is 15.3. The molecule has 1 aliphatic heterocycles. The van der Waals surface area contributed by atoms with Gasteiger partial charge in [-0.05, 0) is 12.1 Å². The topological polar surface area (TPSA) is 28.8 Å². The first kappa shape index (κ1) is 9.68. The second-order valence-electron chi connectivity index (χ2n) is 3.46. The number of anilines is 1. The average molecular weight is 200 g/mol. The number of hydrogen-bond donors (Lipinski definition) is 2. The lowest BCUT2D eigenvalue weighted by atomic mass is 10.3. The van der Waals surface area contributed by atoms with E-state index >= 15 is 0 Å². The molecule has 0 bridgehead atoms. The lowest BCUT2D eigenvalue weighted by Gasteiger charge is -1.97. The SMILES string of the molecule is C[NH+]1C=CC(/C=N/Nc2ccccc2)=C1. The average Bonchev–Trinajstić information content (AvgIpc) is 2.66. The van der Waals surface area contributed by atoms with Crippen molar-refractivity contribution in [1.29, 1.82) is 0 Å². The van der Waals surface area contributed by atoms with Gasteiger partial charge in [-0.15, -0.1) is 0 Å². The molecule has 1 atom stereocenters. The summed E-state index contributed by atoms with van der Waals surface area (Å²) >= 11 is 0. The Morgan fingerprint density at radius 2 is 2.07 bits per heavy atom. The van der Waals surface area contributed by atoms with E-state index in [4.69, 9.17) is 0 Å². The third-order valence-corrected chi connectivity index (χ3v) is 2.11. The van der Waals surface area contributed by atoms with Crippen LogP contribution in [0.1, 0.15) is 0 Å². The summed E-state index contributed by atoms with van der Waals surface area (Å²) in [7, 11) is 2.07. The van der Waals surface area contributed by atoms with Crippen LogP contribution in [-0.2, 0) is 0 Å². The third-order valence-electron chi connectivity index (χ3n) is 2.11. The van der Waals surface area contributed by atoms with Crippen LogP contribution in [0.4, 0.5) is 5.69 Å². The Hall–Kier alpha value is -1.87. The van der Waals surface area contributed by atoms with Crippen molar-refractivity contribution in [3.8, 4) is 0 Å². The number of benzene rings is 1. The van der Waals surface area contributed by atoms with Crippen molar-refractivity contribution in [3.63, 3.8) is 0 Å². The zero-order valence-corrected chi connectivity index (χ0v) is 8.64. The number of rotatable bonds is 3. The molecular formula is C12H14N3+. The van der Waals surface area contributed by atoms with Crippen molar-refractivity contribution < 1.29 is 4.90 Å². The summed E-state index contributed by atoms with van der Waals surface area (Å²) < 4.78 is 0. The number of para-hydroxylation sites is 1. The van der Waals surface area contributed by atoms with Gasteiger partial charge in [0.2, 0.25) is 0 Å². The van der Waals surface area contributed by atoms with Gasteiger partial charge in [-0.2, -0.15) is 5.10 Å². The molecule has 0 saturated carbocycles. The van der Waals surface area contributed by atoms with Gasteiger partial charge >= 0.3 is 0 Å². The van der Waals surface area contributed by atoms with Crippen LogP contribution in [0.2, 0.25) is 0 Å². The van der Waals surface area contributed by atoms with Crippen LogP contribution in [-0.4, -0.2) is 13.3 Å². The fraction of sp³-hybridized carbons (Fsp3) is 0.0833. The molecule has 0 fully saturated rings. The van der Waals surface area contributed by atoms with Crippen LogP contribution in [0.15, 0.2) is 59.5 Å². The Morgan fingerprint density at radius 1 is 1.27 bits per heavy atom. The Labute approximate surface area is 89.4 Å². The van der Waals surface area contributed by atoms with Crippen LogP contribution in [0.5, 0.6) is 0 Å². The first-order chi connectivity index (χ1) is 7.34. The van der Waals surface area contributed by atoms with Gasteiger partial charge in [-0.1, -0.05) is 18.2 Å². The molecule has 3 heteroatoms. The Balaban J connectivity index is 1.91. The normalized spacial score (nSPS) is 19.5. The largest absolute Gasteiger partial charge is 0.284 e. The molecular weight excluding hydrogens is 186 g/mol. The second-order valence-corrected chi connectivity index (χ2v) is 3.46. The van der Waals surface area contributed by atoms with Gasteiger partial charge in [0.25, 0.3) is 0 Å². The molecule has 0 aliphatic carbocycles. The molecule has 0 radical (unpaired) electrons. The summed E-state index contributed by atoms with van der Waals surface area (Å²) in [5, 5.41) is 4.15. The fourth-order valence-corrected chi connectivity index (χ4v) is 1.36. The molecule has 3 nitrogen and oxygen atoms in total. The fourth-order valence-electron chi connectivity index (χ4n) is 1.36. The van der Waals surface area contributed by atoms with Gasteiger partial charge in [0.05, 0.1) is 30.7 Å². The standard InChI is InChI=1S/C12H13N3/c1-15-8-7-11(10-15)9-13-14-12-5-3-2-4-6-12/h2-10,14H,1H3/p+1/b13-9+. The zero-order valence-electron chi connectivity index (χ0n) is 8.64. The van der Waals surface area contributed by atoms with E-state index in [1.54, 1.807) is 0 Å². The van der Waals surface area contributed by atoms with E-state index < -0.39 is 0 Å². The summed E-state index contributed by atoms with van der Waals surface area (Å²) in [5.74, 6) is 0. The van der Waals surface area contributed by atoms with Crippen molar-refractivity contribution in [1.82, 2.24) is 0 Å². The van der Waals surface area contributed by atoms with Crippen molar-refractivity contribution in [2.24, 2.45) is 5.10 Å². The van der Waals surface area contributed by atoms with Gasteiger partial charge in [0.1, 0.15) is 6.20 Å². The van der Waals surface area contributed by atoms with Crippen LogP contribution >= 0.6 is 0 Å². The zero-order chi connectivity index (χ0) is 10.5. The maximum atomic E-state index is 4.15. The molecule has 2 N–H and O–H groups in total. The molecule has 1 aliphatic rings. The van der Waals surface area contributed by atoms with E-state index in [1.165, 1.54) is 4.90 Å². The highest BCUT2D eigenvalue weighted by molar-refractivity contribution is 5.82. The van der Waals surface area contributed by atoms with Crippen molar-refractivity contribution in [3.05, 3.63) is 54.4 Å². The van der Waals surface area contributed by atoms with Crippen molar-refractivity contribution >= 4 is 11.9 Å². The molecule has 2 rings (SSSR count). The highest BCUT2D eigenvalue weighted by Gasteiger charge is 2.02. The quantitative estimate of drug-likeness (QED) is 0.553. The van der Waals surface area contributed by atoms with Gasteiger partial charge < -0.3 is 0 Å². The first-order valence-electron chi connectivity index (χ1n) is 4.92. The predicted molar refractivity (Wildman–Crippen MR) is 62.7 cm³/mol. The Bertz CT molecular complexity index is 404. The molecule has 1 unspecified atom stereocenters. The van der Waals surface area contributed by atoms with Crippen LogP contribution < -0.4 is 10.3 Å². The molecule has 1 aromatic carbocycles. The highest BCUT2D eigenvalue weighted by Crippen LogP contribution is 2.04. The lowest BCUT2D eigenvalue weighted by molar-refractivity contribution is -0.763. The molecule has 0 amide bonds. The summed E-state index contributed by atoms with van der Waals surface area (Å²) in [6, 6.07) is 9.89. The number of hydrazone groups is 1. The number of nitrogens with zero attached hydrogens (tertiary/aromatic N) is 1. The Morgan fingerprint density at radius 3 is 2.73 bits per heavy atom. The smallest absolute Gasteiger partial charge is 0.108 e. The maximum absolute atomic E-state index is 4.15. The minimum atomic E-state index is 0.997. The summed E-state index contributed by atoms with van der Waals surface area (Å²) in [6.45, 7) is 0. The summed E-state index contributed by atoms with van der Waals surface area (Å²) in [6.07, 6.45) is 8.03. The first-order valence-corrected chi connectivity index (χ1v) is 4.92. The predicted octanol–water partition coefficient (Wildman–Crippen LogP) is 1.01. The van der Waals surface area contributed by atoms with Gasteiger partial charge in [-0.25, -0.2) is 0 Å². The van der Waals surface area contributed by atoms with Crippen molar-refractivity contribution in [2.75, 3.05) is 12.5 Å². The van der Waals surface area contributed by atoms with E-state index in [0.717, 1.165) is 11.3 Å². The van der Waals surface area contributed by atoms with E-state index in [-0.39, 0.29) is 0 Å². The van der Waals surface area contributed by atoms with E-state index in [9.17, 15) is 0 Å². The maximum Gasteiger partial charge on any atom is 0.108 e. The van der Waals surface area contributed by atoms with Gasteiger partial charge in [0, 0.05) is 6.08 Å². The minimum Gasteiger partial charge on any atom is -0.284 e. The number of allylic oxidation sites excluding steroid dienone is 2. The molecule has 76 valence electrons. The van der Waals surface area contributed by atoms with E-state index in [1.807, 2.05) is 42.6 Å². The second kappa shape index (κ2) is 4.57. The number of quaternary nitrogens is 1. The molecule has 0 spiro atoms. The monoisotopic (exact) mass is 200 g/mol. The van der Waals surface area contributed by atoms with E-state index in [0.29, 0.717) is 0 Å². The minimum absolute atomic E-state index is 0.997. The lowest BCUT2D eigenvalue weighted by Crippen LogP contribution is -2.98. The number of hydrogen-bond acceptors (Lipinski definition) is 2. The van der Waals surface area contributed by atoms with Crippen LogP contribution in [0.3, 0.4) is 0 Å². The summed E-state index contributed by atoms with van der Waals surface area (Å²) in [5.41, 5.74) is 5.09. The van der Waals surface area contributed by atoms with Gasteiger partial charge in [0.15, 0.2) is 0 Å². The molecule has 0 saturated heterocycles. The van der Waals surface area contributed by atoms with E-state index in [2.05, 4.69) is 30.0 Å². The van der Waals surface area contributed by atoms with Gasteiger partial charge in [-0.3, -0.25) is 10.3 Å². The molecule has 1 aromatic rings. The molecule has 0 aromatic heterocycles. The van der Waals surface area contributed by atoms with Crippen LogP contribution in [0, 0.1) is 0 Å². The Kier molecular flexibility index (Phi) is 2.95. The number of nitrogens with one attached hydrogen (secondary N) is 2. The molecule has 1 heterocycles. The third kappa shape index (κ3) is 2.79. The van der Waals surface area contributed by atoms with Crippen LogP contribution in [0.25, 0.3) is 0 Å². The molecule has 15 heavy (non-hydrogen) atoms.